The molecule has 0 aromatic heterocycles. The van der Waals surface area contributed by atoms with E-state index in [1.54, 1.807) is 7.05 Å². The number of rotatable bonds is 6. The Morgan fingerprint density at radius 2 is 2.05 bits per heavy atom. The van der Waals surface area contributed by atoms with Crippen molar-refractivity contribution in [2.75, 3.05) is 25.9 Å². The van der Waals surface area contributed by atoms with E-state index in [-0.39, 0.29) is 11.9 Å². The van der Waals surface area contributed by atoms with Crippen LogP contribution in [0.15, 0.2) is 0 Å². The van der Waals surface area contributed by atoms with Crippen molar-refractivity contribution in [2.45, 2.75) is 50.7 Å². The molecule has 1 atom stereocenters. The summed E-state index contributed by atoms with van der Waals surface area (Å²) in [6, 6.07) is 0.363. The van der Waals surface area contributed by atoms with E-state index in [9.17, 15) is 13.5 Å². The van der Waals surface area contributed by atoms with Crippen LogP contribution in [0.4, 0.5) is 0 Å². The minimum Gasteiger partial charge on any atom is -0.393 e. The van der Waals surface area contributed by atoms with Gasteiger partial charge in [-0.1, -0.05) is 6.42 Å². The van der Waals surface area contributed by atoms with E-state index in [1.165, 1.54) is 17.1 Å². The standard InChI is InChI=1S/C13H26N2O3S/c1-15(10-11-8-13(16)9-11)19(17,18)7-5-12-4-2-3-6-14-12/h11-14,16H,2-10H2,1H3. The Hall–Kier alpha value is -0.170. The van der Waals surface area contributed by atoms with Gasteiger partial charge in [-0.05, 0) is 44.6 Å². The molecule has 1 saturated heterocycles. The molecule has 0 aromatic rings. The summed E-state index contributed by atoms with van der Waals surface area (Å²) in [6.07, 6.45) is 5.47. The predicted molar refractivity (Wildman–Crippen MR) is 75.4 cm³/mol. The molecule has 0 amide bonds. The number of nitrogens with one attached hydrogen (secondary N) is 1. The molecule has 2 rings (SSSR count). The van der Waals surface area contributed by atoms with E-state index in [4.69, 9.17) is 0 Å². The van der Waals surface area contributed by atoms with Crippen LogP contribution in [0.5, 0.6) is 0 Å². The van der Waals surface area contributed by atoms with Crippen LogP contribution >= 0.6 is 0 Å². The molecule has 2 aliphatic rings. The summed E-state index contributed by atoms with van der Waals surface area (Å²) >= 11 is 0. The zero-order valence-corrected chi connectivity index (χ0v) is 12.5. The lowest BCUT2D eigenvalue weighted by atomic mass is 9.82. The first-order valence-corrected chi connectivity index (χ1v) is 8.94. The van der Waals surface area contributed by atoms with Crippen LogP contribution < -0.4 is 5.32 Å². The second-order valence-electron chi connectivity index (χ2n) is 6.02. The van der Waals surface area contributed by atoms with Gasteiger partial charge in [-0.25, -0.2) is 12.7 Å². The third-order valence-corrected chi connectivity index (χ3v) is 6.19. The van der Waals surface area contributed by atoms with Crippen LogP contribution in [0.1, 0.15) is 38.5 Å². The van der Waals surface area contributed by atoms with Crippen molar-refractivity contribution >= 4 is 10.0 Å². The normalized spacial score (nSPS) is 32.3. The van der Waals surface area contributed by atoms with Gasteiger partial charge < -0.3 is 10.4 Å². The molecule has 0 radical (unpaired) electrons. The lowest BCUT2D eigenvalue weighted by Crippen LogP contribution is -2.41. The van der Waals surface area contributed by atoms with Gasteiger partial charge in [0, 0.05) is 19.6 Å². The monoisotopic (exact) mass is 290 g/mol. The van der Waals surface area contributed by atoms with E-state index < -0.39 is 10.0 Å². The largest absolute Gasteiger partial charge is 0.393 e. The third kappa shape index (κ3) is 4.41. The van der Waals surface area contributed by atoms with E-state index >= 15 is 0 Å². The fourth-order valence-electron chi connectivity index (χ4n) is 2.94. The van der Waals surface area contributed by atoms with Crippen molar-refractivity contribution in [3.05, 3.63) is 0 Å². The lowest BCUT2D eigenvalue weighted by molar-refractivity contribution is 0.0367. The highest BCUT2D eigenvalue weighted by Crippen LogP contribution is 2.28. The molecule has 5 nitrogen and oxygen atoms in total. The van der Waals surface area contributed by atoms with Crippen molar-refractivity contribution in [1.82, 2.24) is 9.62 Å². The molecular weight excluding hydrogens is 264 g/mol. The van der Waals surface area contributed by atoms with Crippen molar-refractivity contribution in [3.8, 4) is 0 Å². The van der Waals surface area contributed by atoms with E-state index in [1.807, 2.05) is 0 Å². The molecule has 2 N–H and O–H groups in total. The fraction of sp³-hybridized carbons (Fsp3) is 1.00. The van der Waals surface area contributed by atoms with Gasteiger partial charge in [-0.15, -0.1) is 0 Å². The average Bonchev–Trinajstić information content (AvgIpc) is 2.36. The molecule has 6 heteroatoms. The lowest BCUT2D eigenvalue weighted by Gasteiger charge is -2.34. The highest BCUT2D eigenvalue weighted by Gasteiger charge is 2.31. The molecule has 112 valence electrons. The maximum absolute atomic E-state index is 12.2. The van der Waals surface area contributed by atoms with Gasteiger partial charge >= 0.3 is 0 Å². The van der Waals surface area contributed by atoms with Gasteiger partial charge in [0.1, 0.15) is 0 Å². The second kappa shape index (κ2) is 6.52. The molecule has 1 heterocycles. The third-order valence-electron chi connectivity index (χ3n) is 4.34. The molecule has 0 bridgehead atoms. The first-order chi connectivity index (χ1) is 8.97. The summed E-state index contributed by atoms with van der Waals surface area (Å²) in [4.78, 5) is 0. The van der Waals surface area contributed by atoms with E-state index in [2.05, 4.69) is 5.32 Å². The fourth-order valence-corrected chi connectivity index (χ4v) is 4.28. The number of hydrogen-bond donors (Lipinski definition) is 2. The Bertz CT molecular complexity index is 373. The van der Waals surface area contributed by atoms with Crippen LogP contribution in [-0.4, -0.2) is 55.9 Å². The summed E-state index contributed by atoms with van der Waals surface area (Å²) in [6.45, 7) is 1.57. The molecule has 1 aliphatic heterocycles. The predicted octanol–water partition coefficient (Wildman–Crippen LogP) is 0.551. The number of aliphatic hydroxyl groups excluding tert-OH is 1. The first-order valence-electron chi connectivity index (χ1n) is 7.33. The molecule has 19 heavy (non-hydrogen) atoms. The minimum atomic E-state index is -3.14. The minimum absolute atomic E-state index is 0.215. The van der Waals surface area contributed by atoms with Gasteiger partial charge in [-0.3, -0.25) is 0 Å². The summed E-state index contributed by atoms with van der Waals surface area (Å²) in [7, 11) is -1.48. The van der Waals surface area contributed by atoms with Crippen LogP contribution in [-0.2, 0) is 10.0 Å². The Morgan fingerprint density at radius 3 is 2.63 bits per heavy atom. The molecule has 2 fully saturated rings. The van der Waals surface area contributed by atoms with Crippen LogP contribution in [0.3, 0.4) is 0 Å². The van der Waals surface area contributed by atoms with Crippen molar-refractivity contribution in [3.63, 3.8) is 0 Å². The molecular formula is C13H26N2O3S. The molecule has 1 unspecified atom stereocenters. The van der Waals surface area contributed by atoms with E-state index in [0.29, 0.717) is 24.9 Å². The van der Waals surface area contributed by atoms with Crippen LogP contribution in [0.2, 0.25) is 0 Å². The smallest absolute Gasteiger partial charge is 0.213 e. The number of sulfonamides is 1. The van der Waals surface area contributed by atoms with Crippen LogP contribution in [0, 0.1) is 5.92 Å². The average molecular weight is 290 g/mol. The number of piperidine rings is 1. The Kier molecular flexibility index (Phi) is 5.22. The maximum atomic E-state index is 12.2. The van der Waals surface area contributed by atoms with Crippen molar-refractivity contribution in [1.29, 1.82) is 0 Å². The quantitative estimate of drug-likeness (QED) is 0.749. The second-order valence-corrected chi connectivity index (χ2v) is 8.22. The number of hydrogen-bond acceptors (Lipinski definition) is 4. The van der Waals surface area contributed by atoms with E-state index in [0.717, 1.165) is 25.8 Å². The summed E-state index contributed by atoms with van der Waals surface area (Å²) in [5.41, 5.74) is 0. The van der Waals surface area contributed by atoms with Crippen molar-refractivity contribution < 1.29 is 13.5 Å². The topological polar surface area (TPSA) is 69.6 Å². The first kappa shape index (κ1) is 15.2. The molecule has 0 aromatic carbocycles. The maximum Gasteiger partial charge on any atom is 0.213 e. The summed E-state index contributed by atoms with van der Waals surface area (Å²) in [5.74, 6) is 0.568. The molecule has 0 spiro atoms. The number of nitrogens with zero attached hydrogens (tertiary/aromatic N) is 1. The summed E-state index contributed by atoms with van der Waals surface area (Å²) < 4.78 is 25.8. The van der Waals surface area contributed by atoms with Gasteiger partial charge in [0.05, 0.1) is 11.9 Å². The van der Waals surface area contributed by atoms with Gasteiger partial charge in [0.2, 0.25) is 10.0 Å². The molecule has 1 saturated carbocycles. The van der Waals surface area contributed by atoms with Gasteiger partial charge in [0.25, 0.3) is 0 Å². The highest BCUT2D eigenvalue weighted by molar-refractivity contribution is 7.89. The Morgan fingerprint density at radius 1 is 1.32 bits per heavy atom. The van der Waals surface area contributed by atoms with Crippen molar-refractivity contribution in [2.24, 2.45) is 5.92 Å². The van der Waals surface area contributed by atoms with Crippen LogP contribution in [0.25, 0.3) is 0 Å². The van der Waals surface area contributed by atoms with Gasteiger partial charge in [0.15, 0.2) is 0 Å². The Labute approximate surface area is 116 Å². The number of aliphatic hydroxyl groups is 1. The summed E-state index contributed by atoms with van der Waals surface area (Å²) in [5, 5.41) is 12.6. The molecule has 1 aliphatic carbocycles. The zero-order chi connectivity index (χ0) is 13.9. The zero-order valence-electron chi connectivity index (χ0n) is 11.7. The highest BCUT2D eigenvalue weighted by atomic mass is 32.2. The Balaban J connectivity index is 1.73. The SMILES string of the molecule is CN(CC1CC(O)C1)S(=O)(=O)CCC1CCCCN1. The van der Waals surface area contributed by atoms with Gasteiger partial charge in [-0.2, -0.15) is 0 Å².